The van der Waals surface area contributed by atoms with Crippen LogP contribution >= 0.6 is 0 Å². The molecule has 3 rings (SSSR count). The molecule has 0 unspecified atom stereocenters. The van der Waals surface area contributed by atoms with Gasteiger partial charge < -0.3 is 9.80 Å². The van der Waals surface area contributed by atoms with Gasteiger partial charge in [0, 0.05) is 37.4 Å². The summed E-state index contributed by atoms with van der Waals surface area (Å²) in [5.74, 6) is -0.344. The standard InChI is InChI=1S/C25H33FN2O/c1-24(2,3)19-15-20(25(4,5)6)17-22(16-19)27-11-13-28(14-12-27)23(29)18-7-9-21(26)10-8-18/h7-10,15-17H,11-14H2,1-6H3. The molecule has 0 atom stereocenters. The molecule has 0 N–H and O–H groups in total. The highest BCUT2D eigenvalue weighted by molar-refractivity contribution is 5.94. The maximum Gasteiger partial charge on any atom is 0.253 e. The SMILES string of the molecule is CC(C)(C)c1cc(N2CCN(C(=O)c3ccc(F)cc3)CC2)cc(C(C)(C)C)c1. The number of hydrogen-bond donors (Lipinski definition) is 0. The Labute approximate surface area is 174 Å². The van der Waals surface area contributed by atoms with E-state index in [4.69, 9.17) is 0 Å². The topological polar surface area (TPSA) is 23.6 Å². The summed E-state index contributed by atoms with van der Waals surface area (Å²) in [6.45, 7) is 16.4. The summed E-state index contributed by atoms with van der Waals surface area (Å²) < 4.78 is 13.1. The van der Waals surface area contributed by atoms with Gasteiger partial charge in [-0.2, -0.15) is 0 Å². The number of nitrogens with zero attached hydrogens (tertiary/aromatic N) is 2. The maximum atomic E-state index is 13.1. The fourth-order valence-electron chi connectivity index (χ4n) is 3.60. The summed E-state index contributed by atoms with van der Waals surface area (Å²) in [4.78, 5) is 16.9. The molecule has 0 aliphatic carbocycles. The number of piperazine rings is 1. The first-order valence-corrected chi connectivity index (χ1v) is 10.4. The normalized spacial score (nSPS) is 15.6. The monoisotopic (exact) mass is 396 g/mol. The van der Waals surface area contributed by atoms with Crippen LogP contribution in [0.2, 0.25) is 0 Å². The molecule has 0 spiro atoms. The predicted molar refractivity (Wildman–Crippen MR) is 118 cm³/mol. The molecular weight excluding hydrogens is 363 g/mol. The minimum Gasteiger partial charge on any atom is -0.368 e. The fraction of sp³-hybridized carbons (Fsp3) is 0.480. The lowest BCUT2D eigenvalue weighted by atomic mass is 9.80. The number of rotatable bonds is 2. The van der Waals surface area contributed by atoms with Gasteiger partial charge in [-0.05, 0) is 58.4 Å². The lowest BCUT2D eigenvalue weighted by Gasteiger charge is -2.37. The van der Waals surface area contributed by atoms with Crippen molar-refractivity contribution in [2.75, 3.05) is 31.1 Å². The van der Waals surface area contributed by atoms with E-state index in [1.165, 1.54) is 28.9 Å². The molecule has 2 aromatic carbocycles. The summed E-state index contributed by atoms with van der Waals surface area (Å²) in [7, 11) is 0. The third kappa shape index (κ3) is 4.98. The molecular formula is C25H33FN2O. The number of halogens is 1. The van der Waals surface area contributed by atoms with Crippen molar-refractivity contribution in [3.8, 4) is 0 Å². The van der Waals surface area contributed by atoms with Gasteiger partial charge in [0.1, 0.15) is 5.82 Å². The van der Waals surface area contributed by atoms with Crippen LogP contribution in [0.5, 0.6) is 0 Å². The predicted octanol–water partition coefficient (Wildman–Crippen LogP) is 5.38. The van der Waals surface area contributed by atoms with Gasteiger partial charge in [0.2, 0.25) is 0 Å². The van der Waals surface area contributed by atoms with Gasteiger partial charge in [0.15, 0.2) is 0 Å². The van der Waals surface area contributed by atoms with Crippen LogP contribution in [0.3, 0.4) is 0 Å². The third-order valence-corrected chi connectivity index (χ3v) is 5.67. The second kappa shape index (κ2) is 7.81. The molecule has 156 valence electrons. The molecule has 0 aromatic heterocycles. The number of carbonyl (C=O) groups is 1. The van der Waals surface area contributed by atoms with Crippen molar-refractivity contribution in [1.29, 1.82) is 0 Å². The van der Waals surface area contributed by atoms with Gasteiger partial charge in [-0.1, -0.05) is 47.6 Å². The Balaban J connectivity index is 1.78. The van der Waals surface area contributed by atoms with E-state index in [0.717, 1.165) is 13.1 Å². The van der Waals surface area contributed by atoms with E-state index in [1.54, 1.807) is 12.1 Å². The van der Waals surface area contributed by atoms with E-state index >= 15 is 0 Å². The van der Waals surface area contributed by atoms with Gasteiger partial charge in [-0.15, -0.1) is 0 Å². The van der Waals surface area contributed by atoms with Crippen molar-refractivity contribution in [2.45, 2.75) is 52.4 Å². The minimum atomic E-state index is -0.320. The van der Waals surface area contributed by atoms with Crippen molar-refractivity contribution in [3.05, 3.63) is 65.0 Å². The first-order valence-electron chi connectivity index (χ1n) is 10.4. The summed E-state index contributed by atoms with van der Waals surface area (Å²) >= 11 is 0. The van der Waals surface area contributed by atoms with Crippen molar-refractivity contribution in [2.24, 2.45) is 0 Å². The average molecular weight is 397 g/mol. The van der Waals surface area contributed by atoms with Gasteiger partial charge in [-0.3, -0.25) is 4.79 Å². The molecule has 1 heterocycles. The third-order valence-electron chi connectivity index (χ3n) is 5.67. The molecule has 0 bridgehead atoms. The highest BCUT2D eigenvalue weighted by Crippen LogP contribution is 2.33. The molecule has 1 amide bonds. The Morgan fingerprint density at radius 2 is 1.28 bits per heavy atom. The molecule has 1 aliphatic rings. The maximum absolute atomic E-state index is 13.1. The van der Waals surface area contributed by atoms with Gasteiger partial charge in [0.25, 0.3) is 5.91 Å². The number of carbonyl (C=O) groups excluding carboxylic acids is 1. The van der Waals surface area contributed by atoms with E-state index in [2.05, 4.69) is 64.6 Å². The Kier molecular flexibility index (Phi) is 5.75. The van der Waals surface area contributed by atoms with Crippen molar-refractivity contribution in [3.63, 3.8) is 0 Å². The van der Waals surface area contributed by atoms with Crippen LogP contribution in [0.25, 0.3) is 0 Å². The number of amides is 1. The zero-order valence-electron chi connectivity index (χ0n) is 18.6. The highest BCUT2D eigenvalue weighted by atomic mass is 19.1. The zero-order chi connectivity index (χ0) is 21.4. The quantitative estimate of drug-likeness (QED) is 0.680. The lowest BCUT2D eigenvalue weighted by Crippen LogP contribution is -2.49. The Hall–Kier alpha value is -2.36. The van der Waals surface area contributed by atoms with Gasteiger partial charge >= 0.3 is 0 Å². The van der Waals surface area contributed by atoms with E-state index in [-0.39, 0.29) is 22.6 Å². The van der Waals surface area contributed by atoms with Gasteiger partial charge in [0.05, 0.1) is 0 Å². The molecule has 3 nitrogen and oxygen atoms in total. The summed E-state index contributed by atoms with van der Waals surface area (Å²) in [5, 5.41) is 0. The summed E-state index contributed by atoms with van der Waals surface area (Å²) in [6, 6.07) is 12.7. The molecule has 4 heteroatoms. The lowest BCUT2D eigenvalue weighted by molar-refractivity contribution is 0.0746. The van der Waals surface area contributed by atoms with Crippen LogP contribution in [-0.4, -0.2) is 37.0 Å². The van der Waals surface area contributed by atoms with E-state index in [0.29, 0.717) is 18.7 Å². The van der Waals surface area contributed by atoms with Crippen LogP contribution in [0.1, 0.15) is 63.0 Å². The highest BCUT2D eigenvalue weighted by Gasteiger charge is 2.25. The number of benzene rings is 2. The Bertz CT molecular complexity index is 835. The molecule has 1 aliphatic heterocycles. The molecule has 1 saturated heterocycles. The minimum absolute atomic E-state index is 0.0246. The number of anilines is 1. The first kappa shape index (κ1) is 21.4. The second-order valence-corrected chi connectivity index (χ2v) is 10.1. The van der Waals surface area contributed by atoms with Crippen molar-refractivity contribution >= 4 is 11.6 Å². The van der Waals surface area contributed by atoms with Crippen molar-refractivity contribution in [1.82, 2.24) is 4.90 Å². The molecule has 1 fully saturated rings. The first-order chi connectivity index (χ1) is 13.4. The molecule has 0 saturated carbocycles. The van der Waals surface area contributed by atoms with Crippen LogP contribution < -0.4 is 4.90 Å². The van der Waals surface area contributed by atoms with Crippen LogP contribution in [0, 0.1) is 5.82 Å². The van der Waals surface area contributed by atoms with Crippen LogP contribution in [0.4, 0.5) is 10.1 Å². The molecule has 29 heavy (non-hydrogen) atoms. The fourth-order valence-corrected chi connectivity index (χ4v) is 3.60. The Morgan fingerprint density at radius 1 is 0.793 bits per heavy atom. The summed E-state index contributed by atoms with van der Waals surface area (Å²) in [5.41, 5.74) is 4.61. The molecule has 2 aromatic rings. The van der Waals surface area contributed by atoms with Crippen LogP contribution in [0.15, 0.2) is 42.5 Å². The Morgan fingerprint density at radius 3 is 1.72 bits per heavy atom. The number of hydrogen-bond acceptors (Lipinski definition) is 2. The van der Waals surface area contributed by atoms with E-state index in [9.17, 15) is 9.18 Å². The summed E-state index contributed by atoms with van der Waals surface area (Å²) in [6.07, 6.45) is 0. The molecule has 0 radical (unpaired) electrons. The van der Waals surface area contributed by atoms with Gasteiger partial charge in [-0.25, -0.2) is 4.39 Å². The smallest absolute Gasteiger partial charge is 0.253 e. The average Bonchev–Trinajstić information content (AvgIpc) is 2.66. The van der Waals surface area contributed by atoms with Crippen molar-refractivity contribution < 1.29 is 9.18 Å². The van der Waals surface area contributed by atoms with E-state index < -0.39 is 0 Å². The zero-order valence-corrected chi connectivity index (χ0v) is 18.6. The largest absolute Gasteiger partial charge is 0.368 e. The van der Waals surface area contributed by atoms with Crippen LogP contribution in [-0.2, 0) is 10.8 Å². The van der Waals surface area contributed by atoms with E-state index in [1.807, 2.05) is 4.90 Å². The second-order valence-electron chi connectivity index (χ2n) is 10.1.